The van der Waals surface area contributed by atoms with Gasteiger partial charge in [0.2, 0.25) is 5.91 Å². The van der Waals surface area contributed by atoms with Crippen LogP contribution in [0.4, 0.5) is 4.39 Å². The smallest absolute Gasteiger partial charge is 0.268 e. The molecule has 1 aliphatic heterocycles. The fourth-order valence-electron chi connectivity index (χ4n) is 4.53. The van der Waals surface area contributed by atoms with Gasteiger partial charge in [-0.2, -0.15) is 0 Å². The predicted octanol–water partition coefficient (Wildman–Crippen LogP) is 2.43. The highest BCUT2D eigenvalue weighted by atomic mass is 19.1. The summed E-state index contributed by atoms with van der Waals surface area (Å²) in [6, 6.07) is 13.4. The van der Waals surface area contributed by atoms with Gasteiger partial charge >= 0.3 is 0 Å². The first-order chi connectivity index (χ1) is 14.6. The van der Waals surface area contributed by atoms with E-state index in [1.54, 1.807) is 12.1 Å². The molecule has 1 saturated heterocycles. The van der Waals surface area contributed by atoms with Crippen LogP contribution in [0.25, 0.3) is 10.9 Å². The summed E-state index contributed by atoms with van der Waals surface area (Å²) < 4.78 is 13.5. The van der Waals surface area contributed by atoms with Crippen molar-refractivity contribution in [1.29, 1.82) is 0 Å². The van der Waals surface area contributed by atoms with Crippen molar-refractivity contribution in [3.63, 3.8) is 0 Å². The Morgan fingerprint density at radius 3 is 2.77 bits per heavy atom. The Morgan fingerprint density at radius 1 is 1.07 bits per heavy atom. The second-order valence-corrected chi connectivity index (χ2v) is 8.07. The second-order valence-electron chi connectivity index (χ2n) is 8.07. The van der Waals surface area contributed by atoms with Crippen molar-refractivity contribution in [1.82, 2.24) is 20.9 Å². The summed E-state index contributed by atoms with van der Waals surface area (Å²) >= 11 is 0. The normalized spacial score (nSPS) is 22.8. The van der Waals surface area contributed by atoms with E-state index in [9.17, 15) is 14.0 Å². The largest absolute Gasteiger partial charge is 0.351 e. The number of carbonyl (C=O) groups excluding carboxylic acids is 2. The minimum atomic E-state index is -0.344. The van der Waals surface area contributed by atoms with E-state index >= 15 is 0 Å². The molecule has 0 bridgehead atoms. The van der Waals surface area contributed by atoms with Crippen LogP contribution in [0.3, 0.4) is 0 Å². The molecule has 5 rings (SSSR count). The van der Waals surface area contributed by atoms with Gasteiger partial charge in [-0.25, -0.2) is 4.39 Å². The number of amides is 2. The van der Waals surface area contributed by atoms with E-state index in [4.69, 9.17) is 0 Å². The van der Waals surface area contributed by atoms with Gasteiger partial charge in [0.1, 0.15) is 11.5 Å². The number of hydrogen-bond donors (Lipinski definition) is 4. The quantitative estimate of drug-likeness (QED) is 0.537. The molecule has 2 amide bonds. The Hall–Kier alpha value is -3.19. The lowest BCUT2D eigenvalue weighted by Crippen LogP contribution is -2.46. The van der Waals surface area contributed by atoms with E-state index in [-0.39, 0.29) is 35.6 Å². The Morgan fingerprint density at radius 2 is 1.93 bits per heavy atom. The van der Waals surface area contributed by atoms with Crippen LogP contribution in [-0.2, 0) is 11.2 Å². The van der Waals surface area contributed by atoms with Gasteiger partial charge in [-0.1, -0.05) is 24.3 Å². The maximum absolute atomic E-state index is 13.5. The van der Waals surface area contributed by atoms with E-state index in [2.05, 4.69) is 20.9 Å². The van der Waals surface area contributed by atoms with Gasteiger partial charge in [-0.15, -0.1) is 0 Å². The number of rotatable bonds is 4. The third-order valence-electron chi connectivity index (χ3n) is 6.11. The average Bonchev–Trinajstić information content (AvgIpc) is 3.47. The van der Waals surface area contributed by atoms with Crippen LogP contribution in [0, 0.1) is 11.7 Å². The van der Waals surface area contributed by atoms with Gasteiger partial charge < -0.3 is 20.9 Å². The van der Waals surface area contributed by atoms with Crippen molar-refractivity contribution < 1.29 is 14.0 Å². The number of fused-ring (bicyclic) bond motifs is 2. The number of H-pyrrole nitrogens is 1. The van der Waals surface area contributed by atoms with Crippen LogP contribution in [0.5, 0.6) is 0 Å². The summed E-state index contributed by atoms with van der Waals surface area (Å²) in [4.78, 5) is 28.7. The SMILES string of the molecule is O=C(N[C@H]1Cc2ccccc2[C@@H]1NC(=O)[C@H]1CCNC1)c1cc2cc(F)ccc2[nH]1. The van der Waals surface area contributed by atoms with Crippen LogP contribution < -0.4 is 16.0 Å². The molecule has 2 heterocycles. The summed E-state index contributed by atoms with van der Waals surface area (Å²) in [7, 11) is 0. The summed E-state index contributed by atoms with van der Waals surface area (Å²) in [6.07, 6.45) is 1.47. The van der Waals surface area contributed by atoms with Crippen molar-refractivity contribution in [2.45, 2.75) is 24.9 Å². The average molecular weight is 406 g/mol. The van der Waals surface area contributed by atoms with Crippen LogP contribution in [-0.4, -0.2) is 35.9 Å². The highest BCUT2D eigenvalue weighted by molar-refractivity contribution is 5.98. The molecule has 1 fully saturated rings. The molecule has 0 spiro atoms. The van der Waals surface area contributed by atoms with Crippen molar-refractivity contribution in [3.8, 4) is 0 Å². The van der Waals surface area contributed by atoms with Gasteiger partial charge in [-0.05, 0) is 54.8 Å². The van der Waals surface area contributed by atoms with Crippen molar-refractivity contribution in [2.75, 3.05) is 13.1 Å². The third-order valence-corrected chi connectivity index (χ3v) is 6.11. The molecule has 4 N–H and O–H groups in total. The van der Waals surface area contributed by atoms with Crippen molar-refractivity contribution in [2.24, 2.45) is 5.92 Å². The molecule has 1 aliphatic carbocycles. The summed E-state index contributed by atoms with van der Waals surface area (Å²) in [6.45, 7) is 1.53. The topological polar surface area (TPSA) is 86.0 Å². The molecule has 1 aromatic heterocycles. The van der Waals surface area contributed by atoms with Crippen molar-refractivity contribution >= 4 is 22.7 Å². The lowest BCUT2D eigenvalue weighted by atomic mass is 10.0. The predicted molar refractivity (Wildman–Crippen MR) is 112 cm³/mol. The van der Waals surface area contributed by atoms with Gasteiger partial charge in [0.05, 0.1) is 18.0 Å². The molecule has 154 valence electrons. The number of hydrogen-bond acceptors (Lipinski definition) is 3. The molecular weight excluding hydrogens is 383 g/mol. The summed E-state index contributed by atoms with van der Waals surface area (Å²) in [5.41, 5.74) is 3.24. The number of halogens is 1. The van der Waals surface area contributed by atoms with E-state index in [1.807, 2.05) is 24.3 Å². The monoisotopic (exact) mass is 406 g/mol. The first kappa shape index (κ1) is 18.8. The van der Waals surface area contributed by atoms with Crippen molar-refractivity contribution in [3.05, 3.63) is 71.2 Å². The first-order valence-corrected chi connectivity index (χ1v) is 10.3. The molecule has 30 heavy (non-hydrogen) atoms. The van der Waals surface area contributed by atoms with Crippen LogP contribution in [0.2, 0.25) is 0 Å². The van der Waals surface area contributed by atoms with E-state index in [0.717, 1.165) is 24.1 Å². The Labute approximate surface area is 173 Å². The molecule has 2 aromatic carbocycles. The standard InChI is InChI=1S/C23H23FN4O2/c24-16-5-6-18-15(9-16)11-20(26-18)23(30)27-19-10-13-3-1-2-4-17(13)21(19)28-22(29)14-7-8-25-12-14/h1-6,9,11,14,19,21,25-26H,7-8,10,12H2,(H,27,30)(H,28,29)/t14-,19-,21-/m0/s1. The number of nitrogens with one attached hydrogen (secondary N) is 4. The fourth-order valence-corrected chi connectivity index (χ4v) is 4.53. The molecule has 0 radical (unpaired) electrons. The number of benzene rings is 2. The highest BCUT2D eigenvalue weighted by Crippen LogP contribution is 2.32. The van der Waals surface area contributed by atoms with E-state index in [0.29, 0.717) is 29.6 Å². The van der Waals surface area contributed by atoms with Gasteiger partial charge in [-0.3, -0.25) is 9.59 Å². The zero-order chi connectivity index (χ0) is 20.7. The van der Waals surface area contributed by atoms with E-state index in [1.165, 1.54) is 12.1 Å². The zero-order valence-corrected chi connectivity index (χ0v) is 16.4. The Bertz CT molecular complexity index is 1120. The van der Waals surface area contributed by atoms with Crippen LogP contribution >= 0.6 is 0 Å². The minimum absolute atomic E-state index is 0.0158. The molecule has 7 heteroatoms. The Balaban J connectivity index is 1.37. The molecule has 3 aromatic rings. The number of aromatic nitrogens is 1. The Kier molecular flexibility index (Phi) is 4.75. The zero-order valence-electron chi connectivity index (χ0n) is 16.4. The highest BCUT2D eigenvalue weighted by Gasteiger charge is 2.36. The van der Waals surface area contributed by atoms with Crippen LogP contribution in [0.1, 0.15) is 34.1 Å². The third kappa shape index (κ3) is 3.45. The lowest BCUT2D eigenvalue weighted by Gasteiger charge is -2.24. The van der Waals surface area contributed by atoms with Gasteiger partial charge in [0.25, 0.3) is 5.91 Å². The van der Waals surface area contributed by atoms with Gasteiger partial charge in [0, 0.05) is 17.4 Å². The maximum atomic E-state index is 13.5. The van der Waals surface area contributed by atoms with E-state index < -0.39 is 0 Å². The molecule has 0 unspecified atom stereocenters. The molecular formula is C23H23FN4O2. The minimum Gasteiger partial charge on any atom is -0.351 e. The fraction of sp³-hybridized carbons (Fsp3) is 0.304. The van der Waals surface area contributed by atoms with Crippen LogP contribution in [0.15, 0.2) is 48.5 Å². The second kappa shape index (κ2) is 7.57. The van der Waals surface area contributed by atoms with Gasteiger partial charge in [0.15, 0.2) is 0 Å². The number of carbonyl (C=O) groups is 2. The summed E-state index contributed by atoms with van der Waals surface area (Å²) in [5.74, 6) is -0.644. The summed E-state index contributed by atoms with van der Waals surface area (Å²) in [5, 5.41) is 10.1. The molecule has 3 atom stereocenters. The lowest BCUT2D eigenvalue weighted by molar-refractivity contribution is -0.125. The molecule has 2 aliphatic rings. The molecule has 0 saturated carbocycles. The number of aromatic amines is 1. The first-order valence-electron chi connectivity index (χ1n) is 10.3. The maximum Gasteiger partial charge on any atom is 0.268 e. The molecule has 6 nitrogen and oxygen atoms in total.